The number of aliphatic hydroxyl groups excluding tert-OH is 2. The van der Waals surface area contributed by atoms with E-state index in [0.29, 0.717) is 22.2 Å². The molecule has 11 N–H and O–H groups in total. The smallest absolute Gasteiger partial charge is 0.335 e. The van der Waals surface area contributed by atoms with Crippen molar-refractivity contribution in [3.8, 4) is 34.0 Å². The fraction of sp³-hybridized carbons (Fsp3) is 0.207. The van der Waals surface area contributed by atoms with Gasteiger partial charge in [-0.05, 0) is 67.4 Å². The van der Waals surface area contributed by atoms with Crippen molar-refractivity contribution in [2.45, 2.75) is 38.0 Å². The Bertz CT molecular complexity index is 1780. The molecule has 1 heterocycles. The molecule has 0 spiro atoms. The Morgan fingerprint density at radius 3 is 2.28 bits per heavy atom. The highest BCUT2D eigenvalue weighted by Crippen LogP contribution is 2.44. The van der Waals surface area contributed by atoms with Gasteiger partial charge < -0.3 is 46.7 Å². The first kappa shape index (κ1) is 30.5. The fourth-order valence-corrected chi connectivity index (χ4v) is 4.29. The van der Waals surface area contributed by atoms with Crippen LogP contribution in [0.25, 0.3) is 33.5 Å². The van der Waals surface area contributed by atoms with E-state index in [1.807, 2.05) is 0 Å². The molecule has 0 saturated heterocycles. The number of nitrogens with zero attached hydrogens (tertiary/aromatic N) is 1. The number of fused-ring (bicyclic) bond motifs is 1. The maximum Gasteiger partial charge on any atom is 0.335 e. The van der Waals surface area contributed by atoms with Crippen molar-refractivity contribution in [1.82, 2.24) is 15.3 Å². The number of aliphatic hydroxyl groups is 2. The van der Waals surface area contributed by atoms with E-state index in [-0.39, 0.29) is 52.0 Å². The molecule has 3 aromatic carbocycles. The van der Waals surface area contributed by atoms with Gasteiger partial charge in [0.15, 0.2) is 12.2 Å². The Hall–Kier alpha value is -5.47. The number of aromatic amines is 1. The zero-order chi connectivity index (χ0) is 31.8. The number of imidazole rings is 1. The van der Waals surface area contributed by atoms with Crippen LogP contribution < -0.4 is 11.1 Å². The molecule has 0 bridgehead atoms. The summed E-state index contributed by atoms with van der Waals surface area (Å²) in [5.74, 6) is -4.73. The average Bonchev–Trinajstić information content (AvgIpc) is 3.39. The molecule has 43 heavy (non-hydrogen) atoms. The zero-order valence-corrected chi connectivity index (χ0v) is 22.9. The third-order valence-corrected chi connectivity index (χ3v) is 7.05. The molecule has 14 nitrogen and oxygen atoms in total. The summed E-state index contributed by atoms with van der Waals surface area (Å²) in [4.78, 5) is 42.7. The van der Waals surface area contributed by atoms with Gasteiger partial charge in [0.1, 0.15) is 23.2 Å². The van der Waals surface area contributed by atoms with Crippen molar-refractivity contribution in [2.75, 3.05) is 0 Å². The molecule has 0 aliphatic heterocycles. The summed E-state index contributed by atoms with van der Waals surface area (Å²) in [7, 11) is 0. The second kappa shape index (κ2) is 11.4. The first-order chi connectivity index (χ1) is 20.1. The average molecular weight is 592 g/mol. The van der Waals surface area contributed by atoms with E-state index in [1.165, 1.54) is 44.2 Å². The van der Waals surface area contributed by atoms with Gasteiger partial charge in [-0.25, -0.2) is 9.78 Å². The monoisotopic (exact) mass is 591 g/mol. The summed E-state index contributed by atoms with van der Waals surface area (Å²) >= 11 is 0. The molecule has 4 rings (SSSR count). The van der Waals surface area contributed by atoms with Crippen LogP contribution in [-0.2, 0) is 26.3 Å². The lowest BCUT2D eigenvalue weighted by Gasteiger charge is -2.23. The molecule has 0 saturated carbocycles. The van der Waals surface area contributed by atoms with Gasteiger partial charge in [0.05, 0.1) is 22.0 Å². The predicted molar refractivity (Wildman–Crippen MR) is 153 cm³/mol. The number of amidine groups is 1. The Morgan fingerprint density at radius 2 is 1.65 bits per heavy atom. The van der Waals surface area contributed by atoms with Gasteiger partial charge in [-0.1, -0.05) is 6.07 Å². The number of benzene rings is 3. The van der Waals surface area contributed by atoms with E-state index in [1.54, 1.807) is 18.2 Å². The number of carboxylic acids is 2. The highest BCUT2D eigenvalue weighted by molar-refractivity contribution is 5.98. The number of hydrogen-bond acceptors (Lipinski definition) is 9. The van der Waals surface area contributed by atoms with Crippen LogP contribution in [0.3, 0.4) is 0 Å². The SMILES string of the molecule is CC(C)(C(=O)O)c1cc(-c2nc3ccc(C(=N)N)cc3[nH]2)c(O)c(-c2cc(CNC(=O)C(O)C(O)C(=O)O)ccc2O)c1. The van der Waals surface area contributed by atoms with Crippen molar-refractivity contribution < 1.29 is 45.0 Å². The van der Waals surface area contributed by atoms with Crippen molar-refractivity contribution in [3.63, 3.8) is 0 Å². The standard InChI is InChI=1S/C29H29N5O9/c1-29(2,28(42)43)14-9-16(15-7-12(3-6-20(15)35)11-32-26(39)22(37)23(38)27(40)41)21(36)17(10-14)25-33-18-5-4-13(24(30)31)8-19(18)34-25/h3-10,22-23,35-38H,11H2,1-2H3,(H3,30,31)(H,32,39)(H,33,34)(H,40,41)(H,42,43). The van der Waals surface area contributed by atoms with Crippen LogP contribution in [0.5, 0.6) is 11.5 Å². The molecular weight excluding hydrogens is 562 g/mol. The van der Waals surface area contributed by atoms with Crippen molar-refractivity contribution in [3.05, 3.63) is 65.2 Å². The fourth-order valence-electron chi connectivity index (χ4n) is 4.29. The van der Waals surface area contributed by atoms with Gasteiger partial charge in [0, 0.05) is 23.2 Å². The summed E-state index contributed by atoms with van der Waals surface area (Å²) in [6.45, 7) is 2.68. The summed E-state index contributed by atoms with van der Waals surface area (Å²) in [6, 6.07) is 11.8. The third kappa shape index (κ3) is 5.95. The van der Waals surface area contributed by atoms with Gasteiger partial charge in [0.25, 0.3) is 5.91 Å². The largest absolute Gasteiger partial charge is 0.507 e. The number of aromatic nitrogens is 2. The lowest BCUT2D eigenvalue weighted by atomic mass is 9.81. The molecule has 2 unspecified atom stereocenters. The summed E-state index contributed by atoms with van der Waals surface area (Å²) in [5.41, 5.74) is 6.40. The van der Waals surface area contributed by atoms with Crippen LogP contribution in [0.15, 0.2) is 48.5 Å². The van der Waals surface area contributed by atoms with Crippen molar-refractivity contribution in [1.29, 1.82) is 5.41 Å². The Balaban J connectivity index is 1.82. The quantitative estimate of drug-likeness (QED) is 0.0929. The number of phenols is 2. The molecule has 224 valence electrons. The topological polar surface area (TPSA) is 263 Å². The van der Waals surface area contributed by atoms with Crippen LogP contribution in [-0.4, -0.2) is 76.5 Å². The van der Waals surface area contributed by atoms with E-state index < -0.39 is 35.5 Å². The number of carbonyl (C=O) groups excluding carboxylic acids is 1. The second-order valence-electron chi connectivity index (χ2n) is 10.4. The Morgan fingerprint density at radius 1 is 0.977 bits per heavy atom. The van der Waals surface area contributed by atoms with Gasteiger partial charge in [-0.15, -0.1) is 0 Å². The zero-order valence-electron chi connectivity index (χ0n) is 22.9. The summed E-state index contributed by atoms with van der Waals surface area (Å²) < 4.78 is 0. The van der Waals surface area contributed by atoms with E-state index in [0.717, 1.165) is 0 Å². The maximum absolute atomic E-state index is 12.2. The number of carboxylic acid groups (broad SMARTS) is 2. The number of carbonyl (C=O) groups is 3. The third-order valence-electron chi connectivity index (χ3n) is 7.05. The number of hydrogen-bond donors (Lipinski definition) is 10. The van der Waals surface area contributed by atoms with E-state index in [9.17, 15) is 39.9 Å². The number of aliphatic carboxylic acids is 2. The molecule has 0 aliphatic rings. The van der Waals surface area contributed by atoms with Crippen molar-refractivity contribution in [2.24, 2.45) is 5.73 Å². The highest BCUT2D eigenvalue weighted by atomic mass is 16.4. The first-order valence-corrected chi connectivity index (χ1v) is 12.8. The number of rotatable bonds is 10. The van der Waals surface area contributed by atoms with Gasteiger partial charge in [-0.3, -0.25) is 15.0 Å². The Labute approximate surface area is 243 Å². The molecule has 0 aliphatic carbocycles. The summed E-state index contributed by atoms with van der Waals surface area (Å²) in [5, 5.41) is 70.1. The first-order valence-electron chi connectivity index (χ1n) is 12.8. The van der Waals surface area contributed by atoms with Gasteiger partial charge in [-0.2, -0.15) is 0 Å². The van der Waals surface area contributed by atoms with Gasteiger partial charge >= 0.3 is 11.9 Å². The lowest BCUT2D eigenvalue weighted by Crippen LogP contribution is -2.45. The maximum atomic E-state index is 12.2. The number of amides is 1. The molecule has 0 fully saturated rings. The Kier molecular flexibility index (Phi) is 8.10. The van der Waals surface area contributed by atoms with Crippen LogP contribution in [0, 0.1) is 5.41 Å². The van der Waals surface area contributed by atoms with Crippen molar-refractivity contribution >= 4 is 34.7 Å². The number of H-pyrrole nitrogens is 1. The number of nitrogen functional groups attached to an aromatic ring is 1. The molecule has 2 atom stereocenters. The normalized spacial score (nSPS) is 12.9. The van der Waals surface area contributed by atoms with Gasteiger partial charge in [0.2, 0.25) is 0 Å². The molecule has 14 heteroatoms. The molecular formula is C29H29N5O9. The van der Waals surface area contributed by atoms with Crippen LogP contribution in [0.1, 0.15) is 30.5 Å². The lowest BCUT2D eigenvalue weighted by molar-refractivity contribution is -0.158. The predicted octanol–water partition coefficient (Wildman–Crippen LogP) is 1.38. The van der Waals surface area contributed by atoms with Crippen LogP contribution >= 0.6 is 0 Å². The van der Waals surface area contributed by atoms with E-state index in [2.05, 4.69) is 15.3 Å². The second-order valence-corrected chi connectivity index (χ2v) is 10.4. The van der Waals surface area contributed by atoms with Crippen LogP contribution in [0.2, 0.25) is 0 Å². The highest BCUT2D eigenvalue weighted by Gasteiger charge is 2.33. The molecule has 4 aromatic rings. The van der Waals surface area contributed by atoms with Crippen LogP contribution in [0.4, 0.5) is 0 Å². The number of phenolic OH excluding ortho intramolecular Hbond substituents is 2. The minimum atomic E-state index is -2.33. The molecule has 1 amide bonds. The van der Waals surface area contributed by atoms with E-state index >= 15 is 0 Å². The molecule has 1 aromatic heterocycles. The minimum Gasteiger partial charge on any atom is -0.507 e. The minimum absolute atomic E-state index is 0.0405. The van der Waals surface area contributed by atoms with E-state index in [4.69, 9.17) is 16.2 Å². The molecule has 0 radical (unpaired) electrons. The number of nitrogens with one attached hydrogen (secondary N) is 3. The summed E-state index contributed by atoms with van der Waals surface area (Å²) in [6.07, 6.45) is -4.57. The number of aromatic hydroxyl groups is 2. The number of nitrogens with two attached hydrogens (primary N) is 1.